The summed E-state index contributed by atoms with van der Waals surface area (Å²) < 4.78 is 12.6. The summed E-state index contributed by atoms with van der Waals surface area (Å²) in [4.78, 5) is 33.5. The molecule has 2 N–H and O–H groups in total. The van der Waals surface area contributed by atoms with Crippen molar-refractivity contribution >= 4 is 17.8 Å². The van der Waals surface area contributed by atoms with E-state index in [1.807, 2.05) is 85.3 Å². The standard InChI is InChI=1S/C32H36N4O5/c1-22(2)35(31(39)26(17-18-37)24-15-16-28(40-3)29(19-24)41-4)21-30(38)34-32-33-27(23-11-7-5-8-12-23)20-36(32)25-13-9-6-10-14-25/h5-16,19-20,22,26,37H,17-18,21H2,1-4H3,(H,33,34,38). The van der Waals surface area contributed by atoms with Crippen molar-refractivity contribution < 1.29 is 24.2 Å². The summed E-state index contributed by atoms with van der Waals surface area (Å²) in [5, 5.41) is 12.7. The van der Waals surface area contributed by atoms with Gasteiger partial charge in [-0.1, -0.05) is 54.6 Å². The lowest BCUT2D eigenvalue weighted by Gasteiger charge is -2.30. The van der Waals surface area contributed by atoms with Gasteiger partial charge in [0.2, 0.25) is 17.8 Å². The maximum absolute atomic E-state index is 13.8. The van der Waals surface area contributed by atoms with Crippen molar-refractivity contribution in [1.29, 1.82) is 0 Å². The van der Waals surface area contributed by atoms with Crippen LogP contribution in [0.1, 0.15) is 31.7 Å². The van der Waals surface area contributed by atoms with Crippen molar-refractivity contribution in [2.24, 2.45) is 0 Å². The normalized spacial score (nSPS) is 11.7. The van der Waals surface area contributed by atoms with Gasteiger partial charge >= 0.3 is 0 Å². The van der Waals surface area contributed by atoms with Gasteiger partial charge in [-0.25, -0.2) is 4.98 Å². The number of aromatic nitrogens is 2. The Labute approximate surface area is 240 Å². The van der Waals surface area contributed by atoms with Crippen molar-refractivity contribution in [2.75, 3.05) is 32.7 Å². The Balaban J connectivity index is 1.60. The number of hydrogen-bond donors (Lipinski definition) is 2. The zero-order chi connectivity index (χ0) is 29.4. The second-order valence-electron chi connectivity index (χ2n) is 9.81. The van der Waals surface area contributed by atoms with Crippen molar-refractivity contribution in [1.82, 2.24) is 14.5 Å². The van der Waals surface area contributed by atoms with Crippen LogP contribution in [0.25, 0.3) is 16.9 Å². The molecule has 41 heavy (non-hydrogen) atoms. The van der Waals surface area contributed by atoms with Crippen LogP contribution in [0.15, 0.2) is 85.1 Å². The van der Waals surface area contributed by atoms with Crippen molar-refractivity contribution in [3.63, 3.8) is 0 Å². The van der Waals surface area contributed by atoms with Crippen LogP contribution in [0.4, 0.5) is 5.95 Å². The Morgan fingerprint density at radius 1 is 0.951 bits per heavy atom. The SMILES string of the molecule is COc1ccc(C(CCO)C(=O)N(CC(=O)Nc2nc(-c3ccccc3)cn2-c2ccccc2)C(C)C)cc1OC. The van der Waals surface area contributed by atoms with Crippen LogP contribution in [-0.2, 0) is 9.59 Å². The van der Waals surface area contributed by atoms with E-state index in [1.54, 1.807) is 25.3 Å². The predicted octanol–water partition coefficient (Wildman–Crippen LogP) is 4.90. The number of nitrogens with one attached hydrogen (secondary N) is 1. The number of carbonyl (C=O) groups excluding carboxylic acids is 2. The maximum atomic E-state index is 13.8. The summed E-state index contributed by atoms with van der Waals surface area (Å²) in [6.45, 7) is 3.33. The molecule has 9 heteroatoms. The van der Waals surface area contributed by atoms with Gasteiger partial charge in [0.05, 0.1) is 25.8 Å². The molecule has 1 heterocycles. The van der Waals surface area contributed by atoms with Crippen LogP contribution in [0.5, 0.6) is 11.5 Å². The van der Waals surface area contributed by atoms with Gasteiger partial charge in [-0.15, -0.1) is 0 Å². The fraction of sp³-hybridized carbons (Fsp3) is 0.281. The van der Waals surface area contributed by atoms with E-state index in [4.69, 9.17) is 14.5 Å². The molecule has 0 fully saturated rings. The Bertz CT molecular complexity index is 1450. The minimum absolute atomic E-state index is 0.186. The Morgan fingerprint density at radius 3 is 2.22 bits per heavy atom. The van der Waals surface area contributed by atoms with Crippen molar-refractivity contribution in [3.05, 3.63) is 90.6 Å². The quantitative estimate of drug-likeness (QED) is 0.257. The van der Waals surface area contributed by atoms with Crippen LogP contribution < -0.4 is 14.8 Å². The molecule has 0 saturated heterocycles. The number of carbonyl (C=O) groups is 2. The van der Waals surface area contributed by atoms with Crippen LogP contribution in [-0.4, -0.2) is 64.8 Å². The third kappa shape index (κ3) is 6.93. The molecule has 2 amide bonds. The van der Waals surface area contributed by atoms with Crippen LogP contribution >= 0.6 is 0 Å². The average molecular weight is 557 g/mol. The molecule has 0 bridgehead atoms. The summed E-state index contributed by atoms with van der Waals surface area (Å²) >= 11 is 0. The lowest BCUT2D eigenvalue weighted by Crippen LogP contribution is -2.45. The molecule has 3 aromatic carbocycles. The highest BCUT2D eigenvalue weighted by atomic mass is 16.5. The Hall–Kier alpha value is -4.63. The van der Waals surface area contributed by atoms with Gasteiger partial charge in [0.1, 0.15) is 6.54 Å². The molecule has 1 atom stereocenters. The monoisotopic (exact) mass is 556 g/mol. The van der Waals surface area contributed by atoms with E-state index in [2.05, 4.69) is 5.32 Å². The zero-order valence-corrected chi connectivity index (χ0v) is 23.8. The first-order chi connectivity index (χ1) is 19.9. The Morgan fingerprint density at radius 2 is 1.61 bits per heavy atom. The molecule has 0 saturated carbocycles. The summed E-state index contributed by atoms with van der Waals surface area (Å²) in [6, 6.07) is 24.3. The highest BCUT2D eigenvalue weighted by Gasteiger charge is 2.30. The summed E-state index contributed by atoms with van der Waals surface area (Å²) in [5.41, 5.74) is 3.13. The van der Waals surface area contributed by atoms with Crippen molar-refractivity contribution in [3.8, 4) is 28.4 Å². The number of ether oxygens (including phenoxy) is 2. The lowest BCUT2D eigenvalue weighted by atomic mass is 9.93. The van der Waals surface area contributed by atoms with Gasteiger partial charge in [0.25, 0.3) is 0 Å². The van der Waals surface area contributed by atoms with Gasteiger partial charge in [-0.05, 0) is 50.1 Å². The van der Waals surface area contributed by atoms with Gasteiger partial charge in [-0.3, -0.25) is 19.5 Å². The van der Waals surface area contributed by atoms with Gasteiger partial charge in [0, 0.05) is 30.1 Å². The first kappa shape index (κ1) is 29.4. The number of rotatable bonds is 12. The molecule has 1 unspecified atom stereocenters. The number of hydrogen-bond acceptors (Lipinski definition) is 6. The van der Waals surface area contributed by atoms with Gasteiger partial charge < -0.3 is 19.5 Å². The number of aliphatic hydroxyl groups excluding tert-OH is 1. The third-order valence-electron chi connectivity index (χ3n) is 6.81. The van der Waals surface area contributed by atoms with E-state index in [-0.39, 0.29) is 37.4 Å². The molecule has 214 valence electrons. The molecule has 0 spiro atoms. The minimum atomic E-state index is -0.675. The van der Waals surface area contributed by atoms with E-state index in [0.29, 0.717) is 28.7 Å². The number of nitrogens with zero attached hydrogens (tertiary/aromatic N) is 3. The Kier molecular flexibility index (Phi) is 9.76. The number of amides is 2. The largest absolute Gasteiger partial charge is 0.493 e. The van der Waals surface area contributed by atoms with E-state index >= 15 is 0 Å². The van der Waals surface area contributed by atoms with Gasteiger partial charge in [-0.2, -0.15) is 0 Å². The molecule has 4 aromatic rings. The number of aliphatic hydroxyl groups is 1. The van der Waals surface area contributed by atoms with E-state index < -0.39 is 5.92 Å². The maximum Gasteiger partial charge on any atom is 0.246 e. The second-order valence-corrected chi connectivity index (χ2v) is 9.81. The molecule has 4 rings (SSSR count). The first-order valence-corrected chi connectivity index (χ1v) is 13.5. The number of benzene rings is 3. The average Bonchev–Trinajstić information content (AvgIpc) is 3.42. The molecule has 1 aromatic heterocycles. The zero-order valence-electron chi connectivity index (χ0n) is 23.8. The lowest BCUT2D eigenvalue weighted by molar-refractivity contribution is -0.138. The first-order valence-electron chi connectivity index (χ1n) is 13.5. The van der Waals surface area contributed by atoms with Crippen LogP contribution in [0.2, 0.25) is 0 Å². The van der Waals surface area contributed by atoms with E-state index in [1.165, 1.54) is 12.0 Å². The molecule has 0 aliphatic rings. The minimum Gasteiger partial charge on any atom is -0.493 e. The summed E-state index contributed by atoms with van der Waals surface area (Å²) in [5.74, 6) is 0.0400. The number of imidazole rings is 1. The highest BCUT2D eigenvalue weighted by Crippen LogP contribution is 2.33. The molecule has 0 aliphatic carbocycles. The third-order valence-corrected chi connectivity index (χ3v) is 6.81. The smallest absolute Gasteiger partial charge is 0.246 e. The summed E-state index contributed by atoms with van der Waals surface area (Å²) in [7, 11) is 3.07. The number of anilines is 1. The molecule has 0 radical (unpaired) electrons. The van der Waals surface area contributed by atoms with Gasteiger partial charge in [0.15, 0.2) is 11.5 Å². The van der Waals surface area contributed by atoms with E-state index in [0.717, 1.165) is 11.3 Å². The number of methoxy groups -OCH3 is 2. The van der Waals surface area contributed by atoms with E-state index in [9.17, 15) is 14.7 Å². The topological polar surface area (TPSA) is 106 Å². The summed E-state index contributed by atoms with van der Waals surface area (Å²) in [6.07, 6.45) is 2.07. The molecular weight excluding hydrogens is 520 g/mol. The fourth-order valence-electron chi connectivity index (χ4n) is 4.67. The highest BCUT2D eigenvalue weighted by molar-refractivity contribution is 5.95. The molecule has 9 nitrogen and oxygen atoms in total. The molecular formula is C32H36N4O5. The fourth-order valence-corrected chi connectivity index (χ4v) is 4.67. The van der Waals surface area contributed by atoms with Crippen LogP contribution in [0.3, 0.4) is 0 Å². The number of para-hydroxylation sites is 1. The second kappa shape index (κ2) is 13.6. The molecule has 0 aliphatic heterocycles. The predicted molar refractivity (Wildman–Crippen MR) is 158 cm³/mol. The van der Waals surface area contributed by atoms with Crippen LogP contribution in [0, 0.1) is 0 Å². The van der Waals surface area contributed by atoms with Crippen molar-refractivity contribution in [2.45, 2.75) is 32.2 Å².